The van der Waals surface area contributed by atoms with Crippen LogP contribution in [-0.4, -0.2) is 28.2 Å². The van der Waals surface area contributed by atoms with E-state index in [0.717, 1.165) is 31.3 Å². The molecular formula is C22H27N3O. The molecule has 1 aliphatic carbocycles. The summed E-state index contributed by atoms with van der Waals surface area (Å²) in [5.74, 6) is 1.47. The first-order valence-electron chi connectivity index (χ1n) is 9.55. The molecule has 2 aliphatic rings. The van der Waals surface area contributed by atoms with Gasteiger partial charge >= 0.3 is 0 Å². The minimum absolute atomic E-state index is 0.0931. The highest BCUT2D eigenvalue weighted by atomic mass is 16.5. The standard InChI is InChI=1S/C22H27N3O/c1-22(2,3)24-11-12-25-18(15-24)14-20(21(25)17-4-5-17)16-6-8-19(9-7-16)26-13-10-23/h6-9,14,17H,4-5,11-13,15H2,1-3H3. The fraction of sp³-hybridized carbons (Fsp3) is 0.500. The van der Waals surface area contributed by atoms with Crippen LogP contribution in [0.25, 0.3) is 11.1 Å². The Morgan fingerprint density at radius 2 is 1.88 bits per heavy atom. The molecule has 1 aliphatic heterocycles. The Labute approximate surface area is 156 Å². The van der Waals surface area contributed by atoms with Gasteiger partial charge in [0.1, 0.15) is 11.8 Å². The Morgan fingerprint density at radius 1 is 1.15 bits per heavy atom. The summed E-state index contributed by atoms with van der Waals surface area (Å²) in [4.78, 5) is 2.57. The molecule has 1 aromatic heterocycles. The van der Waals surface area contributed by atoms with E-state index in [1.807, 2.05) is 18.2 Å². The van der Waals surface area contributed by atoms with Crippen molar-refractivity contribution in [1.82, 2.24) is 9.47 Å². The van der Waals surface area contributed by atoms with Crippen molar-refractivity contribution in [3.63, 3.8) is 0 Å². The van der Waals surface area contributed by atoms with Crippen LogP contribution in [0.1, 0.15) is 50.9 Å². The molecule has 0 amide bonds. The van der Waals surface area contributed by atoms with Crippen molar-refractivity contribution < 1.29 is 4.74 Å². The second-order valence-electron chi connectivity index (χ2n) is 8.42. The Kier molecular flexibility index (Phi) is 4.28. The van der Waals surface area contributed by atoms with Crippen LogP contribution in [0.5, 0.6) is 5.75 Å². The topological polar surface area (TPSA) is 41.2 Å². The van der Waals surface area contributed by atoms with Gasteiger partial charge in [0.2, 0.25) is 0 Å². The third-order valence-corrected chi connectivity index (χ3v) is 5.55. The number of aromatic nitrogens is 1. The van der Waals surface area contributed by atoms with Gasteiger partial charge in [-0.25, -0.2) is 0 Å². The largest absolute Gasteiger partial charge is 0.479 e. The Bertz CT molecular complexity index is 832. The summed E-state index contributed by atoms with van der Waals surface area (Å²) in [7, 11) is 0. The average Bonchev–Trinajstić information content (AvgIpc) is 3.39. The Balaban J connectivity index is 1.67. The molecule has 136 valence electrons. The van der Waals surface area contributed by atoms with Crippen LogP contribution in [0.4, 0.5) is 0 Å². The molecule has 4 nitrogen and oxygen atoms in total. The lowest BCUT2D eigenvalue weighted by molar-refractivity contribution is 0.102. The van der Waals surface area contributed by atoms with E-state index in [1.54, 1.807) is 0 Å². The lowest BCUT2D eigenvalue weighted by Gasteiger charge is -2.39. The van der Waals surface area contributed by atoms with Gasteiger partial charge in [-0.15, -0.1) is 0 Å². The predicted molar refractivity (Wildman–Crippen MR) is 103 cm³/mol. The summed E-state index contributed by atoms with van der Waals surface area (Å²) in [6.07, 6.45) is 2.62. The lowest BCUT2D eigenvalue weighted by Crippen LogP contribution is -2.45. The lowest BCUT2D eigenvalue weighted by atomic mass is 10.0. The maximum Gasteiger partial charge on any atom is 0.174 e. The number of benzene rings is 1. The van der Waals surface area contributed by atoms with Crippen LogP contribution >= 0.6 is 0 Å². The second kappa shape index (κ2) is 6.48. The molecule has 2 aromatic rings. The number of nitriles is 1. The SMILES string of the molecule is CC(C)(C)N1CCn2c(cc(-c3ccc(OCC#N)cc3)c2C2CC2)C1. The van der Waals surface area contributed by atoms with Gasteiger partial charge in [0.15, 0.2) is 6.61 Å². The summed E-state index contributed by atoms with van der Waals surface area (Å²) < 4.78 is 7.97. The van der Waals surface area contributed by atoms with Crippen molar-refractivity contribution in [2.24, 2.45) is 0 Å². The predicted octanol–water partition coefficient (Wildman–Crippen LogP) is 4.55. The van der Waals surface area contributed by atoms with Crippen molar-refractivity contribution in [3.05, 3.63) is 41.7 Å². The van der Waals surface area contributed by atoms with Gasteiger partial charge in [-0.2, -0.15) is 5.26 Å². The number of hydrogen-bond acceptors (Lipinski definition) is 3. The first-order valence-corrected chi connectivity index (χ1v) is 9.55. The van der Waals surface area contributed by atoms with E-state index in [1.165, 1.54) is 35.4 Å². The normalized spacial score (nSPS) is 17.6. The summed E-state index contributed by atoms with van der Waals surface area (Å²) in [5, 5.41) is 8.65. The monoisotopic (exact) mass is 349 g/mol. The molecule has 1 saturated carbocycles. The molecule has 4 heteroatoms. The van der Waals surface area contributed by atoms with Crippen molar-refractivity contribution in [2.75, 3.05) is 13.2 Å². The fourth-order valence-corrected chi connectivity index (χ4v) is 3.96. The van der Waals surface area contributed by atoms with E-state index in [-0.39, 0.29) is 12.1 Å². The van der Waals surface area contributed by atoms with E-state index >= 15 is 0 Å². The number of nitrogens with zero attached hydrogens (tertiary/aromatic N) is 3. The number of rotatable bonds is 4. The van der Waals surface area contributed by atoms with E-state index in [0.29, 0.717) is 0 Å². The molecule has 2 heterocycles. The summed E-state index contributed by atoms with van der Waals surface area (Å²) >= 11 is 0. The Morgan fingerprint density at radius 3 is 2.50 bits per heavy atom. The third-order valence-electron chi connectivity index (χ3n) is 5.55. The van der Waals surface area contributed by atoms with E-state index in [2.05, 4.69) is 48.4 Å². The first-order chi connectivity index (χ1) is 12.5. The van der Waals surface area contributed by atoms with Crippen molar-refractivity contribution >= 4 is 0 Å². The van der Waals surface area contributed by atoms with Gasteiger partial charge < -0.3 is 9.30 Å². The first kappa shape index (κ1) is 17.2. The van der Waals surface area contributed by atoms with Gasteiger partial charge in [0.05, 0.1) is 0 Å². The highest BCUT2D eigenvalue weighted by Crippen LogP contribution is 2.47. The molecule has 26 heavy (non-hydrogen) atoms. The molecule has 1 fully saturated rings. The zero-order valence-electron chi connectivity index (χ0n) is 16.0. The summed E-state index contributed by atoms with van der Waals surface area (Å²) in [6, 6.07) is 12.6. The highest BCUT2D eigenvalue weighted by Gasteiger charge is 2.34. The zero-order valence-corrected chi connectivity index (χ0v) is 16.0. The molecular weight excluding hydrogens is 322 g/mol. The molecule has 1 aromatic carbocycles. The van der Waals surface area contributed by atoms with Gasteiger partial charge in [-0.05, 0) is 63.3 Å². The van der Waals surface area contributed by atoms with Crippen LogP contribution in [0.15, 0.2) is 30.3 Å². The molecule has 0 bridgehead atoms. The van der Waals surface area contributed by atoms with Crippen LogP contribution in [-0.2, 0) is 13.1 Å². The Hall–Kier alpha value is -2.25. The minimum Gasteiger partial charge on any atom is -0.479 e. The summed E-state index contributed by atoms with van der Waals surface area (Å²) in [5.41, 5.74) is 5.80. The highest BCUT2D eigenvalue weighted by molar-refractivity contribution is 5.69. The smallest absolute Gasteiger partial charge is 0.174 e. The molecule has 0 radical (unpaired) electrons. The number of ether oxygens (including phenoxy) is 1. The van der Waals surface area contributed by atoms with E-state index < -0.39 is 0 Å². The van der Waals surface area contributed by atoms with Gasteiger partial charge in [0.25, 0.3) is 0 Å². The molecule has 0 spiro atoms. The van der Waals surface area contributed by atoms with Crippen molar-refractivity contribution in [2.45, 2.75) is 58.2 Å². The number of fused-ring (bicyclic) bond motifs is 1. The van der Waals surface area contributed by atoms with Crippen LogP contribution in [0.3, 0.4) is 0 Å². The van der Waals surface area contributed by atoms with Gasteiger partial charge in [-0.1, -0.05) is 12.1 Å². The molecule has 0 N–H and O–H groups in total. The van der Waals surface area contributed by atoms with Crippen molar-refractivity contribution in [1.29, 1.82) is 5.26 Å². The molecule has 0 saturated heterocycles. The third kappa shape index (κ3) is 3.24. The molecule has 0 unspecified atom stereocenters. The van der Waals surface area contributed by atoms with E-state index in [4.69, 9.17) is 10.00 Å². The number of hydrogen-bond donors (Lipinski definition) is 0. The van der Waals surface area contributed by atoms with Gasteiger partial charge in [0, 0.05) is 42.1 Å². The second-order valence-corrected chi connectivity index (χ2v) is 8.42. The summed E-state index contributed by atoms with van der Waals surface area (Å²) in [6.45, 7) is 10.2. The van der Waals surface area contributed by atoms with Crippen LogP contribution in [0.2, 0.25) is 0 Å². The minimum atomic E-state index is 0.0931. The molecule has 0 atom stereocenters. The van der Waals surface area contributed by atoms with Crippen LogP contribution in [0, 0.1) is 11.3 Å². The van der Waals surface area contributed by atoms with Gasteiger partial charge in [-0.3, -0.25) is 4.90 Å². The van der Waals surface area contributed by atoms with Crippen molar-refractivity contribution in [3.8, 4) is 22.9 Å². The quantitative estimate of drug-likeness (QED) is 0.813. The van der Waals surface area contributed by atoms with Crippen LogP contribution < -0.4 is 4.74 Å². The zero-order chi connectivity index (χ0) is 18.3. The maximum absolute atomic E-state index is 8.65. The average molecular weight is 349 g/mol. The fourth-order valence-electron chi connectivity index (χ4n) is 3.96. The maximum atomic E-state index is 8.65. The molecule has 4 rings (SSSR count). The van der Waals surface area contributed by atoms with E-state index in [9.17, 15) is 0 Å².